The third kappa shape index (κ3) is 2.78. The quantitative estimate of drug-likeness (QED) is 0.870. The molecule has 0 spiro atoms. The normalized spacial score (nSPS) is 15.6. The Balaban J connectivity index is 1.84. The van der Waals surface area contributed by atoms with Crippen LogP contribution in [0.15, 0.2) is 29.1 Å². The van der Waals surface area contributed by atoms with Gasteiger partial charge >= 0.3 is 5.69 Å². The third-order valence-corrected chi connectivity index (χ3v) is 4.15. The van der Waals surface area contributed by atoms with E-state index >= 15 is 0 Å². The van der Waals surface area contributed by atoms with Crippen molar-refractivity contribution >= 4 is 5.82 Å². The molecule has 0 saturated heterocycles. The molecule has 1 aromatic carbocycles. The van der Waals surface area contributed by atoms with Crippen LogP contribution in [0.5, 0.6) is 5.88 Å². The Kier molecular flexibility index (Phi) is 3.58. The minimum atomic E-state index is -0.693. The Hall–Kier alpha value is -2.44. The molecular weight excluding hydrogens is 304 g/mol. The lowest BCUT2D eigenvalue weighted by molar-refractivity contribution is 0.285. The minimum absolute atomic E-state index is 0.120. The second kappa shape index (κ2) is 5.33. The van der Waals surface area contributed by atoms with Crippen molar-refractivity contribution in [1.29, 1.82) is 0 Å². The summed E-state index contributed by atoms with van der Waals surface area (Å²) in [5, 5.41) is 0. The fourth-order valence-corrected chi connectivity index (χ4v) is 2.57. The first-order chi connectivity index (χ1) is 10.8. The number of ether oxygens (including phenoxy) is 1. The van der Waals surface area contributed by atoms with Gasteiger partial charge in [0.05, 0.1) is 12.1 Å². The smallest absolute Gasteiger partial charge is 0.352 e. The number of anilines is 1. The summed E-state index contributed by atoms with van der Waals surface area (Å²) in [5.74, 6) is -0.524. The number of likely N-dealkylation sites (N-methyl/N-ethyl adjacent to an activating group) is 1. The standard InChI is InChI=1S/C16H17F2N3O2/c1-16(2)9-21-14(20(16)3)7-13(19-15(21)22)23-8-10-4-5-11(17)6-12(10)18/h4-7H,8-9H2,1-3H3. The van der Waals surface area contributed by atoms with Crippen LogP contribution >= 0.6 is 0 Å². The van der Waals surface area contributed by atoms with Crippen molar-refractivity contribution in [3.05, 3.63) is 51.9 Å². The molecule has 23 heavy (non-hydrogen) atoms. The molecular formula is C16H17F2N3O2. The average molecular weight is 321 g/mol. The molecule has 0 N–H and O–H groups in total. The Labute approximate surface area is 132 Å². The van der Waals surface area contributed by atoms with E-state index < -0.39 is 17.3 Å². The predicted octanol–water partition coefficient (Wildman–Crippen LogP) is 2.33. The second-order valence-corrected chi connectivity index (χ2v) is 6.22. The molecule has 1 aliphatic heterocycles. The minimum Gasteiger partial charge on any atom is -0.472 e. The highest BCUT2D eigenvalue weighted by Crippen LogP contribution is 2.31. The van der Waals surface area contributed by atoms with E-state index in [-0.39, 0.29) is 23.6 Å². The number of hydrogen-bond donors (Lipinski definition) is 0. The predicted molar refractivity (Wildman–Crippen MR) is 81.7 cm³/mol. The lowest BCUT2D eigenvalue weighted by atomic mass is 10.1. The number of benzene rings is 1. The molecule has 0 aliphatic carbocycles. The number of halogens is 2. The van der Waals surface area contributed by atoms with Crippen molar-refractivity contribution in [2.75, 3.05) is 11.9 Å². The van der Waals surface area contributed by atoms with Crippen LogP contribution in [-0.2, 0) is 13.2 Å². The van der Waals surface area contributed by atoms with Gasteiger partial charge in [-0.25, -0.2) is 13.6 Å². The number of fused-ring (bicyclic) bond motifs is 1. The number of hydrogen-bond acceptors (Lipinski definition) is 4. The fourth-order valence-electron chi connectivity index (χ4n) is 2.57. The van der Waals surface area contributed by atoms with Gasteiger partial charge in [-0.15, -0.1) is 0 Å². The molecule has 7 heteroatoms. The van der Waals surface area contributed by atoms with Gasteiger partial charge in [0.2, 0.25) is 5.88 Å². The maximum absolute atomic E-state index is 13.6. The summed E-state index contributed by atoms with van der Waals surface area (Å²) in [6.07, 6.45) is 0. The van der Waals surface area contributed by atoms with Crippen LogP contribution in [-0.4, -0.2) is 22.1 Å². The van der Waals surface area contributed by atoms with Crippen LogP contribution in [0.1, 0.15) is 19.4 Å². The molecule has 2 heterocycles. The Bertz CT molecular complexity index is 817. The van der Waals surface area contributed by atoms with Crippen LogP contribution in [0.25, 0.3) is 0 Å². The molecule has 2 aromatic rings. The first kappa shape index (κ1) is 15.5. The maximum atomic E-state index is 13.6. The van der Waals surface area contributed by atoms with Gasteiger partial charge in [-0.1, -0.05) is 0 Å². The van der Waals surface area contributed by atoms with Gasteiger partial charge in [0.15, 0.2) is 0 Å². The van der Waals surface area contributed by atoms with E-state index in [2.05, 4.69) is 4.98 Å². The van der Waals surface area contributed by atoms with Crippen LogP contribution < -0.4 is 15.3 Å². The highest BCUT2D eigenvalue weighted by atomic mass is 19.1. The lowest BCUT2D eigenvalue weighted by Crippen LogP contribution is -2.38. The topological polar surface area (TPSA) is 47.4 Å². The third-order valence-electron chi connectivity index (χ3n) is 4.15. The summed E-state index contributed by atoms with van der Waals surface area (Å²) in [4.78, 5) is 18.0. The van der Waals surface area contributed by atoms with Crippen LogP contribution in [0.4, 0.5) is 14.6 Å². The summed E-state index contributed by atoms with van der Waals surface area (Å²) in [7, 11) is 1.89. The van der Waals surface area contributed by atoms with E-state index in [9.17, 15) is 13.6 Å². The van der Waals surface area contributed by atoms with Crippen molar-refractivity contribution in [2.24, 2.45) is 0 Å². The monoisotopic (exact) mass is 321 g/mol. The van der Waals surface area contributed by atoms with E-state index in [4.69, 9.17) is 4.74 Å². The summed E-state index contributed by atoms with van der Waals surface area (Å²) >= 11 is 0. The highest BCUT2D eigenvalue weighted by molar-refractivity contribution is 5.47. The van der Waals surface area contributed by atoms with E-state index in [1.807, 2.05) is 25.8 Å². The molecule has 1 aromatic heterocycles. The SMILES string of the molecule is CN1c2cc(OCc3ccc(F)cc3F)nc(=O)n2CC1(C)C. The van der Waals surface area contributed by atoms with Crippen LogP contribution in [0.3, 0.4) is 0 Å². The Morgan fingerprint density at radius 1 is 1.30 bits per heavy atom. The molecule has 0 saturated carbocycles. The van der Waals surface area contributed by atoms with Gasteiger partial charge in [0, 0.05) is 24.7 Å². The first-order valence-electron chi connectivity index (χ1n) is 7.20. The number of aromatic nitrogens is 2. The fraction of sp³-hybridized carbons (Fsp3) is 0.375. The molecule has 0 bridgehead atoms. The zero-order valence-electron chi connectivity index (χ0n) is 13.1. The van der Waals surface area contributed by atoms with E-state index in [1.54, 1.807) is 10.6 Å². The molecule has 0 fully saturated rings. The Morgan fingerprint density at radius 2 is 2.04 bits per heavy atom. The van der Waals surface area contributed by atoms with Crippen molar-refractivity contribution in [3.63, 3.8) is 0 Å². The maximum Gasteiger partial charge on any atom is 0.352 e. The summed E-state index contributed by atoms with van der Waals surface area (Å²) < 4.78 is 33.5. The molecule has 1 aliphatic rings. The van der Waals surface area contributed by atoms with Crippen LogP contribution in [0.2, 0.25) is 0 Å². The van der Waals surface area contributed by atoms with E-state index in [0.717, 1.165) is 12.1 Å². The molecule has 3 rings (SSSR count). The molecule has 0 atom stereocenters. The largest absolute Gasteiger partial charge is 0.472 e. The number of nitrogens with zero attached hydrogens (tertiary/aromatic N) is 3. The molecule has 5 nitrogen and oxygen atoms in total. The first-order valence-corrected chi connectivity index (χ1v) is 7.20. The van der Waals surface area contributed by atoms with Crippen LogP contribution in [0, 0.1) is 11.6 Å². The van der Waals surface area contributed by atoms with Crippen molar-refractivity contribution in [1.82, 2.24) is 9.55 Å². The van der Waals surface area contributed by atoms with Gasteiger partial charge in [0.1, 0.15) is 24.1 Å². The van der Waals surface area contributed by atoms with Gasteiger partial charge in [-0.2, -0.15) is 4.98 Å². The molecule has 0 amide bonds. The van der Waals surface area contributed by atoms with Crippen molar-refractivity contribution < 1.29 is 13.5 Å². The van der Waals surface area contributed by atoms with E-state index in [1.165, 1.54) is 6.07 Å². The second-order valence-electron chi connectivity index (χ2n) is 6.22. The highest BCUT2D eigenvalue weighted by Gasteiger charge is 2.34. The zero-order valence-corrected chi connectivity index (χ0v) is 13.1. The van der Waals surface area contributed by atoms with Gasteiger partial charge in [-0.05, 0) is 26.0 Å². The van der Waals surface area contributed by atoms with Crippen molar-refractivity contribution in [2.45, 2.75) is 32.5 Å². The Morgan fingerprint density at radius 3 is 2.74 bits per heavy atom. The molecule has 122 valence electrons. The van der Waals surface area contributed by atoms with Gasteiger partial charge < -0.3 is 9.64 Å². The van der Waals surface area contributed by atoms with Crippen molar-refractivity contribution in [3.8, 4) is 5.88 Å². The number of rotatable bonds is 3. The van der Waals surface area contributed by atoms with E-state index in [0.29, 0.717) is 12.4 Å². The van der Waals surface area contributed by atoms with Gasteiger partial charge in [-0.3, -0.25) is 4.57 Å². The summed E-state index contributed by atoms with van der Waals surface area (Å²) in [6, 6.07) is 4.90. The summed E-state index contributed by atoms with van der Waals surface area (Å²) in [5.41, 5.74) is -0.410. The molecule has 0 radical (unpaired) electrons. The zero-order chi connectivity index (χ0) is 16.8. The molecule has 0 unspecified atom stereocenters. The lowest BCUT2D eigenvalue weighted by Gasteiger charge is -2.28. The average Bonchev–Trinajstić information content (AvgIpc) is 2.70. The summed E-state index contributed by atoms with van der Waals surface area (Å²) in [6.45, 7) is 4.45. The van der Waals surface area contributed by atoms with Gasteiger partial charge in [0.25, 0.3) is 0 Å².